The van der Waals surface area contributed by atoms with Crippen molar-refractivity contribution in [3.05, 3.63) is 27.6 Å². The summed E-state index contributed by atoms with van der Waals surface area (Å²) in [5.74, 6) is 0.404. The highest BCUT2D eigenvalue weighted by molar-refractivity contribution is 7.89. The van der Waals surface area contributed by atoms with Gasteiger partial charge in [0.1, 0.15) is 5.02 Å². The van der Waals surface area contributed by atoms with Crippen LogP contribution < -0.4 is 10.3 Å². The molecule has 2 N–H and O–H groups in total. The van der Waals surface area contributed by atoms with Crippen LogP contribution in [0.3, 0.4) is 0 Å². The zero-order chi connectivity index (χ0) is 13.9. The number of aromatic nitrogens is 1. The van der Waals surface area contributed by atoms with E-state index in [1.807, 2.05) is 0 Å². The zero-order valence-electron chi connectivity index (χ0n) is 10.5. The van der Waals surface area contributed by atoms with E-state index < -0.39 is 15.6 Å². The van der Waals surface area contributed by atoms with Gasteiger partial charge in [0, 0.05) is 12.7 Å². The molecule has 1 saturated carbocycles. The Morgan fingerprint density at radius 3 is 2.63 bits per heavy atom. The Bertz CT molecular complexity index is 591. The predicted molar refractivity (Wildman–Crippen MR) is 73.8 cm³/mol. The van der Waals surface area contributed by atoms with Crippen molar-refractivity contribution in [2.45, 2.75) is 37.0 Å². The van der Waals surface area contributed by atoms with Gasteiger partial charge in [-0.25, -0.2) is 13.1 Å². The highest BCUT2D eigenvalue weighted by atomic mass is 35.5. The normalized spacial score (nSPS) is 17.5. The van der Waals surface area contributed by atoms with Gasteiger partial charge < -0.3 is 4.98 Å². The molecule has 0 aromatic carbocycles. The Morgan fingerprint density at radius 1 is 1.32 bits per heavy atom. The number of hydrogen-bond acceptors (Lipinski definition) is 3. The molecule has 1 fully saturated rings. The van der Waals surface area contributed by atoms with E-state index in [0.29, 0.717) is 12.5 Å². The third-order valence-corrected chi connectivity index (χ3v) is 5.11. The maximum absolute atomic E-state index is 12.0. The molecule has 0 amide bonds. The van der Waals surface area contributed by atoms with Gasteiger partial charge in [-0.2, -0.15) is 0 Å². The van der Waals surface area contributed by atoms with Gasteiger partial charge >= 0.3 is 0 Å². The minimum absolute atomic E-state index is 0.00657. The van der Waals surface area contributed by atoms with Crippen molar-refractivity contribution < 1.29 is 8.42 Å². The van der Waals surface area contributed by atoms with Crippen molar-refractivity contribution in [2.24, 2.45) is 5.92 Å². The number of rotatable bonds is 4. The first-order valence-electron chi connectivity index (χ1n) is 6.37. The SMILES string of the molecule is O=c1[nH]cc(S(=O)(=O)NCC2CCCCC2)cc1Cl. The zero-order valence-corrected chi connectivity index (χ0v) is 12.1. The Balaban J connectivity index is 2.04. The van der Waals surface area contributed by atoms with Crippen LogP contribution in [0.5, 0.6) is 0 Å². The molecule has 19 heavy (non-hydrogen) atoms. The first-order chi connectivity index (χ1) is 8.99. The fourth-order valence-corrected chi connectivity index (χ4v) is 3.64. The molecule has 0 saturated heterocycles. The maximum atomic E-state index is 12.0. The summed E-state index contributed by atoms with van der Waals surface area (Å²) in [5.41, 5.74) is -0.493. The van der Waals surface area contributed by atoms with E-state index in [0.717, 1.165) is 31.9 Å². The molecule has 0 unspecified atom stereocenters. The van der Waals surface area contributed by atoms with E-state index in [4.69, 9.17) is 11.6 Å². The number of aromatic amines is 1. The van der Waals surface area contributed by atoms with Gasteiger partial charge in [-0.3, -0.25) is 4.79 Å². The molecule has 1 aromatic heterocycles. The second-order valence-corrected chi connectivity index (χ2v) is 7.04. The molecule has 0 spiro atoms. The Hall–Kier alpha value is -0.850. The molecule has 106 valence electrons. The molecule has 1 aliphatic rings. The molecule has 2 rings (SSSR count). The average molecular weight is 305 g/mol. The number of halogens is 1. The molecule has 0 radical (unpaired) electrons. The van der Waals surface area contributed by atoms with Crippen molar-refractivity contribution in [3.8, 4) is 0 Å². The Morgan fingerprint density at radius 2 is 2.00 bits per heavy atom. The molecule has 7 heteroatoms. The third kappa shape index (κ3) is 3.81. The van der Waals surface area contributed by atoms with Gasteiger partial charge in [0.2, 0.25) is 10.0 Å². The van der Waals surface area contributed by atoms with E-state index >= 15 is 0 Å². The monoisotopic (exact) mass is 304 g/mol. The summed E-state index contributed by atoms with van der Waals surface area (Å²) in [5, 5.41) is -0.124. The van der Waals surface area contributed by atoms with Crippen LogP contribution >= 0.6 is 11.6 Å². The molecule has 0 bridgehead atoms. The fraction of sp³-hybridized carbons (Fsp3) is 0.583. The summed E-state index contributed by atoms with van der Waals surface area (Å²) in [6.07, 6.45) is 6.85. The van der Waals surface area contributed by atoms with Gasteiger partial charge in [0.05, 0.1) is 4.90 Å². The van der Waals surface area contributed by atoms with Gasteiger partial charge in [-0.15, -0.1) is 0 Å². The van der Waals surface area contributed by atoms with E-state index in [1.165, 1.54) is 12.5 Å². The van der Waals surface area contributed by atoms with Gasteiger partial charge in [0.15, 0.2) is 0 Å². The van der Waals surface area contributed by atoms with E-state index in [1.54, 1.807) is 0 Å². The lowest BCUT2D eigenvalue weighted by Crippen LogP contribution is -2.30. The van der Waals surface area contributed by atoms with Crippen molar-refractivity contribution in [1.82, 2.24) is 9.71 Å². The first-order valence-corrected chi connectivity index (χ1v) is 8.23. The number of H-pyrrole nitrogens is 1. The quantitative estimate of drug-likeness (QED) is 0.891. The number of hydrogen-bond donors (Lipinski definition) is 2. The van der Waals surface area contributed by atoms with Gasteiger partial charge in [-0.05, 0) is 24.8 Å². The van der Waals surface area contributed by atoms with E-state index in [9.17, 15) is 13.2 Å². The van der Waals surface area contributed by atoms with Crippen molar-refractivity contribution in [1.29, 1.82) is 0 Å². The number of nitrogens with one attached hydrogen (secondary N) is 2. The molecule has 5 nitrogen and oxygen atoms in total. The second kappa shape index (κ2) is 6.07. The molecule has 1 aliphatic carbocycles. The molecular formula is C12H17ClN2O3S. The smallest absolute Gasteiger partial charge is 0.266 e. The molecule has 1 aromatic rings. The number of sulfonamides is 1. The molecule has 0 aliphatic heterocycles. The van der Waals surface area contributed by atoms with Crippen molar-refractivity contribution in [3.63, 3.8) is 0 Å². The highest BCUT2D eigenvalue weighted by Crippen LogP contribution is 2.23. The van der Waals surface area contributed by atoms with Crippen LogP contribution in [-0.2, 0) is 10.0 Å². The van der Waals surface area contributed by atoms with Gasteiger partial charge in [-0.1, -0.05) is 30.9 Å². The van der Waals surface area contributed by atoms with Crippen molar-refractivity contribution >= 4 is 21.6 Å². The fourth-order valence-electron chi connectivity index (χ4n) is 2.30. The van der Waals surface area contributed by atoms with E-state index in [2.05, 4.69) is 9.71 Å². The average Bonchev–Trinajstić information content (AvgIpc) is 2.41. The van der Waals surface area contributed by atoms with Crippen LogP contribution in [0.25, 0.3) is 0 Å². The van der Waals surface area contributed by atoms with Crippen LogP contribution in [0.2, 0.25) is 5.02 Å². The summed E-state index contributed by atoms with van der Waals surface area (Å²) >= 11 is 5.63. The first kappa shape index (κ1) is 14.6. The van der Waals surface area contributed by atoms with E-state index in [-0.39, 0.29) is 9.92 Å². The largest absolute Gasteiger partial charge is 0.326 e. The lowest BCUT2D eigenvalue weighted by Gasteiger charge is -2.21. The summed E-state index contributed by atoms with van der Waals surface area (Å²) in [7, 11) is -3.60. The Kier molecular flexibility index (Phi) is 4.65. The Labute approximate surface area is 117 Å². The van der Waals surface area contributed by atoms with Crippen LogP contribution in [0, 0.1) is 5.92 Å². The topological polar surface area (TPSA) is 79.0 Å². The molecular weight excluding hydrogens is 288 g/mol. The van der Waals surface area contributed by atoms with Crippen LogP contribution in [0.1, 0.15) is 32.1 Å². The number of pyridine rings is 1. The second-order valence-electron chi connectivity index (χ2n) is 4.87. The molecule has 1 heterocycles. The molecule has 0 atom stereocenters. The van der Waals surface area contributed by atoms with Crippen LogP contribution in [0.15, 0.2) is 22.0 Å². The lowest BCUT2D eigenvalue weighted by atomic mass is 9.90. The predicted octanol–water partition coefficient (Wildman–Crippen LogP) is 1.89. The maximum Gasteiger partial charge on any atom is 0.266 e. The minimum atomic E-state index is -3.60. The van der Waals surface area contributed by atoms with Crippen LogP contribution in [-0.4, -0.2) is 19.9 Å². The summed E-state index contributed by atoms with van der Waals surface area (Å²) in [4.78, 5) is 13.4. The lowest BCUT2D eigenvalue weighted by molar-refractivity contribution is 0.357. The summed E-state index contributed by atoms with van der Waals surface area (Å²) in [6.45, 7) is 0.444. The summed E-state index contributed by atoms with van der Waals surface area (Å²) in [6, 6.07) is 1.17. The van der Waals surface area contributed by atoms with Crippen LogP contribution in [0.4, 0.5) is 0 Å². The standard InChI is InChI=1S/C12H17ClN2O3S/c13-11-6-10(8-14-12(11)16)19(17,18)15-7-9-4-2-1-3-5-9/h6,8-9,15H,1-5,7H2,(H,14,16). The highest BCUT2D eigenvalue weighted by Gasteiger charge is 2.19. The summed E-state index contributed by atoms with van der Waals surface area (Å²) < 4.78 is 26.7. The van der Waals surface area contributed by atoms with Crippen molar-refractivity contribution in [2.75, 3.05) is 6.54 Å². The van der Waals surface area contributed by atoms with Gasteiger partial charge in [0.25, 0.3) is 5.56 Å². The minimum Gasteiger partial charge on any atom is -0.326 e. The third-order valence-electron chi connectivity index (χ3n) is 3.43.